The van der Waals surface area contributed by atoms with Crippen LogP contribution in [0.1, 0.15) is 33.3 Å². The van der Waals surface area contributed by atoms with Crippen molar-refractivity contribution >= 4 is 27.5 Å². The molecule has 1 aromatic carbocycles. The van der Waals surface area contributed by atoms with Gasteiger partial charge in [-0.2, -0.15) is 0 Å². The zero-order valence-electron chi connectivity index (χ0n) is 11.0. The largest absolute Gasteiger partial charge is 0.312 e. The van der Waals surface area contributed by atoms with Crippen LogP contribution in [0.4, 0.5) is 0 Å². The number of rotatable bonds is 4. The Balaban J connectivity index is 2.49. The van der Waals surface area contributed by atoms with Crippen molar-refractivity contribution < 1.29 is 0 Å². The Morgan fingerprint density at radius 3 is 2.59 bits per heavy atom. The number of halogens is 2. The molecule has 0 heterocycles. The summed E-state index contributed by atoms with van der Waals surface area (Å²) < 4.78 is 1.07. The first-order chi connectivity index (χ1) is 7.80. The highest BCUT2D eigenvalue weighted by Gasteiger charge is 2.19. The standard InChI is InChI=1S/C14H21BrClN/c1-10(14(2,3)4)8-17-9-11-7-12(15)5-6-13(11)16/h5-7,10,17H,8-9H2,1-4H3. The van der Waals surface area contributed by atoms with Crippen molar-refractivity contribution in [3.05, 3.63) is 33.3 Å². The summed E-state index contributed by atoms with van der Waals surface area (Å²) in [6.45, 7) is 10.9. The fourth-order valence-electron chi connectivity index (χ4n) is 1.41. The van der Waals surface area contributed by atoms with Crippen LogP contribution in [0.2, 0.25) is 5.02 Å². The van der Waals surface area contributed by atoms with Gasteiger partial charge in [-0.3, -0.25) is 0 Å². The van der Waals surface area contributed by atoms with Crippen molar-refractivity contribution in [1.29, 1.82) is 0 Å². The molecule has 96 valence electrons. The molecule has 3 heteroatoms. The Kier molecular flexibility index (Phi) is 5.49. The smallest absolute Gasteiger partial charge is 0.0451 e. The minimum Gasteiger partial charge on any atom is -0.312 e. The van der Waals surface area contributed by atoms with E-state index in [1.165, 1.54) is 0 Å². The van der Waals surface area contributed by atoms with Crippen molar-refractivity contribution in [2.45, 2.75) is 34.2 Å². The predicted octanol–water partition coefficient (Wildman–Crippen LogP) is 4.87. The fraction of sp³-hybridized carbons (Fsp3) is 0.571. The van der Waals surface area contributed by atoms with E-state index < -0.39 is 0 Å². The third-order valence-corrected chi connectivity index (χ3v) is 4.11. The maximum atomic E-state index is 6.14. The van der Waals surface area contributed by atoms with Gasteiger partial charge in [0.05, 0.1) is 0 Å². The summed E-state index contributed by atoms with van der Waals surface area (Å²) in [5.74, 6) is 0.633. The van der Waals surface area contributed by atoms with Gasteiger partial charge in [-0.15, -0.1) is 0 Å². The summed E-state index contributed by atoms with van der Waals surface area (Å²) >= 11 is 9.60. The van der Waals surface area contributed by atoms with E-state index in [1.807, 2.05) is 12.1 Å². The first-order valence-electron chi connectivity index (χ1n) is 5.95. The van der Waals surface area contributed by atoms with Gasteiger partial charge in [-0.1, -0.05) is 55.2 Å². The Morgan fingerprint density at radius 2 is 2.00 bits per heavy atom. The summed E-state index contributed by atoms with van der Waals surface area (Å²) in [4.78, 5) is 0. The SMILES string of the molecule is CC(CNCc1cc(Br)ccc1Cl)C(C)(C)C. The molecule has 0 fully saturated rings. The van der Waals surface area contributed by atoms with E-state index in [0.29, 0.717) is 11.3 Å². The molecule has 0 bridgehead atoms. The minimum absolute atomic E-state index is 0.341. The summed E-state index contributed by atoms with van der Waals surface area (Å²) in [7, 11) is 0. The molecular weight excluding hydrogens is 298 g/mol. The van der Waals surface area contributed by atoms with E-state index >= 15 is 0 Å². The van der Waals surface area contributed by atoms with Crippen LogP contribution < -0.4 is 5.32 Å². The molecule has 1 unspecified atom stereocenters. The third-order valence-electron chi connectivity index (χ3n) is 3.25. The second-order valence-corrected chi connectivity index (χ2v) is 6.96. The summed E-state index contributed by atoms with van der Waals surface area (Å²) in [5, 5.41) is 4.29. The molecule has 0 aliphatic rings. The number of benzene rings is 1. The normalized spacial score (nSPS) is 13.8. The minimum atomic E-state index is 0.341. The van der Waals surface area contributed by atoms with Crippen molar-refractivity contribution in [1.82, 2.24) is 5.32 Å². The molecule has 17 heavy (non-hydrogen) atoms. The van der Waals surface area contributed by atoms with Crippen LogP contribution in [-0.2, 0) is 6.54 Å². The molecule has 1 rings (SSSR count). The van der Waals surface area contributed by atoms with Crippen LogP contribution in [0.15, 0.2) is 22.7 Å². The number of hydrogen-bond donors (Lipinski definition) is 1. The van der Waals surface area contributed by atoms with Gasteiger partial charge in [-0.05, 0) is 41.6 Å². The molecule has 0 aromatic heterocycles. The van der Waals surface area contributed by atoms with Crippen molar-refractivity contribution in [3.8, 4) is 0 Å². The first-order valence-corrected chi connectivity index (χ1v) is 7.12. The molecular formula is C14H21BrClN. The average molecular weight is 319 g/mol. The molecule has 0 aliphatic carbocycles. The van der Waals surface area contributed by atoms with Crippen molar-refractivity contribution in [2.24, 2.45) is 11.3 Å². The van der Waals surface area contributed by atoms with Crippen LogP contribution in [0.5, 0.6) is 0 Å². The van der Waals surface area contributed by atoms with Crippen LogP contribution >= 0.6 is 27.5 Å². The summed E-state index contributed by atoms with van der Waals surface area (Å²) in [6.07, 6.45) is 0. The lowest BCUT2D eigenvalue weighted by molar-refractivity contribution is 0.252. The van der Waals surface area contributed by atoms with E-state index in [9.17, 15) is 0 Å². The summed E-state index contributed by atoms with van der Waals surface area (Å²) in [5.41, 5.74) is 1.48. The summed E-state index contributed by atoms with van der Waals surface area (Å²) in [6, 6.07) is 5.95. The van der Waals surface area contributed by atoms with Crippen LogP contribution in [0, 0.1) is 11.3 Å². The maximum Gasteiger partial charge on any atom is 0.0451 e. The molecule has 0 spiro atoms. The molecule has 1 aromatic rings. The lowest BCUT2D eigenvalue weighted by atomic mass is 9.82. The van der Waals surface area contributed by atoms with Crippen LogP contribution in [-0.4, -0.2) is 6.54 Å². The highest BCUT2D eigenvalue weighted by Crippen LogP contribution is 2.25. The van der Waals surface area contributed by atoms with Gasteiger partial charge in [0.2, 0.25) is 0 Å². The Bertz CT molecular complexity index is 371. The molecule has 0 saturated heterocycles. The molecule has 1 atom stereocenters. The topological polar surface area (TPSA) is 12.0 Å². The zero-order valence-corrected chi connectivity index (χ0v) is 13.3. The first kappa shape index (κ1) is 15.0. The van der Waals surface area contributed by atoms with Gasteiger partial charge in [-0.25, -0.2) is 0 Å². The van der Waals surface area contributed by atoms with Crippen LogP contribution in [0.25, 0.3) is 0 Å². The average Bonchev–Trinajstić information content (AvgIpc) is 2.21. The monoisotopic (exact) mass is 317 g/mol. The van der Waals surface area contributed by atoms with Gasteiger partial charge in [0.15, 0.2) is 0 Å². The lowest BCUT2D eigenvalue weighted by Crippen LogP contribution is -2.29. The van der Waals surface area contributed by atoms with Gasteiger partial charge in [0.1, 0.15) is 0 Å². The maximum absolute atomic E-state index is 6.14. The molecule has 1 nitrogen and oxygen atoms in total. The third kappa shape index (κ3) is 4.99. The highest BCUT2D eigenvalue weighted by molar-refractivity contribution is 9.10. The Hall–Kier alpha value is -0.0500. The zero-order chi connectivity index (χ0) is 13.1. The quantitative estimate of drug-likeness (QED) is 0.834. The molecule has 0 saturated carbocycles. The predicted molar refractivity (Wildman–Crippen MR) is 79.5 cm³/mol. The molecule has 0 aliphatic heterocycles. The van der Waals surface area contributed by atoms with E-state index in [-0.39, 0.29) is 0 Å². The number of nitrogens with one attached hydrogen (secondary N) is 1. The van der Waals surface area contributed by atoms with E-state index in [0.717, 1.165) is 28.1 Å². The molecule has 0 radical (unpaired) electrons. The van der Waals surface area contributed by atoms with Gasteiger partial charge >= 0.3 is 0 Å². The van der Waals surface area contributed by atoms with Crippen LogP contribution in [0.3, 0.4) is 0 Å². The number of hydrogen-bond acceptors (Lipinski definition) is 1. The van der Waals surface area contributed by atoms with E-state index in [2.05, 4.69) is 55.0 Å². The second-order valence-electron chi connectivity index (χ2n) is 5.63. The van der Waals surface area contributed by atoms with Gasteiger partial charge in [0.25, 0.3) is 0 Å². The Morgan fingerprint density at radius 1 is 1.35 bits per heavy atom. The van der Waals surface area contributed by atoms with E-state index in [1.54, 1.807) is 0 Å². The van der Waals surface area contributed by atoms with Gasteiger partial charge < -0.3 is 5.32 Å². The van der Waals surface area contributed by atoms with Gasteiger partial charge in [0, 0.05) is 16.0 Å². The van der Waals surface area contributed by atoms with Crippen molar-refractivity contribution in [2.75, 3.05) is 6.54 Å². The fourth-order valence-corrected chi connectivity index (χ4v) is 2.00. The Labute approximate surface area is 118 Å². The second kappa shape index (κ2) is 6.21. The lowest BCUT2D eigenvalue weighted by Gasteiger charge is -2.27. The molecule has 1 N–H and O–H groups in total. The highest BCUT2D eigenvalue weighted by atomic mass is 79.9. The van der Waals surface area contributed by atoms with Crippen molar-refractivity contribution in [3.63, 3.8) is 0 Å². The molecule has 0 amide bonds. The van der Waals surface area contributed by atoms with E-state index in [4.69, 9.17) is 11.6 Å².